The van der Waals surface area contributed by atoms with E-state index in [4.69, 9.17) is 14.2 Å². The van der Waals surface area contributed by atoms with E-state index < -0.39 is 23.8 Å². The zero-order chi connectivity index (χ0) is 22.9. The number of ether oxygens (including phenoxy) is 3. The molecule has 0 radical (unpaired) electrons. The fourth-order valence-electron chi connectivity index (χ4n) is 4.38. The predicted molar refractivity (Wildman–Crippen MR) is 114 cm³/mol. The van der Waals surface area contributed by atoms with Crippen LogP contribution in [0.1, 0.15) is 45.6 Å². The predicted octanol–water partition coefficient (Wildman–Crippen LogP) is 3.26. The van der Waals surface area contributed by atoms with Crippen LogP contribution in [-0.4, -0.2) is 38.0 Å². The van der Waals surface area contributed by atoms with E-state index in [0.29, 0.717) is 29.0 Å². The van der Waals surface area contributed by atoms with Crippen molar-refractivity contribution in [2.45, 2.75) is 46.1 Å². The summed E-state index contributed by atoms with van der Waals surface area (Å²) >= 11 is 0. The lowest BCUT2D eigenvalue weighted by Crippen LogP contribution is -2.43. The smallest absolute Gasteiger partial charge is 0.337 e. The van der Waals surface area contributed by atoms with Crippen molar-refractivity contribution in [3.8, 4) is 5.75 Å². The monoisotopic (exact) mass is 427 g/mol. The summed E-state index contributed by atoms with van der Waals surface area (Å²) in [6.45, 7) is 7.20. The SMILES string of the molecule is COC(=O)[C@H]1C(=O)C2=C(C[C@@H]1C)NC(C)=C(C(=O)OC(C)C)[C@@H]2c1cccc(OC)c1. The number of ketones is 1. The van der Waals surface area contributed by atoms with Crippen molar-refractivity contribution in [2.75, 3.05) is 14.2 Å². The Kier molecular flexibility index (Phi) is 6.53. The number of Topliss-reactive ketones (excluding diaryl/α,β-unsaturated/α-hetero) is 1. The molecule has 0 fully saturated rings. The number of rotatable bonds is 5. The molecule has 0 spiro atoms. The number of dihydropyridines is 1. The molecular formula is C24H29NO6. The highest BCUT2D eigenvalue weighted by Crippen LogP contribution is 2.46. The molecule has 1 aromatic carbocycles. The van der Waals surface area contributed by atoms with E-state index in [1.54, 1.807) is 40.0 Å². The average molecular weight is 427 g/mol. The minimum atomic E-state index is -0.917. The first-order valence-corrected chi connectivity index (χ1v) is 10.4. The Bertz CT molecular complexity index is 974. The van der Waals surface area contributed by atoms with Crippen molar-refractivity contribution in [3.05, 3.63) is 52.4 Å². The van der Waals surface area contributed by atoms with Crippen molar-refractivity contribution in [2.24, 2.45) is 11.8 Å². The minimum absolute atomic E-state index is 0.228. The summed E-state index contributed by atoms with van der Waals surface area (Å²) in [5.74, 6) is -2.61. The molecule has 0 amide bonds. The lowest BCUT2D eigenvalue weighted by Gasteiger charge is -2.38. The second-order valence-electron chi connectivity index (χ2n) is 8.27. The molecule has 2 aliphatic rings. The van der Waals surface area contributed by atoms with Crippen LogP contribution in [0, 0.1) is 11.8 Å². The highest BCUT2D eigenvalue weighted by Gasteiger charge is 2.47. The van der Waals surface area contributed by atoms with Gasteiger partial charge in [-0.3, -0.25) is 9.59 Å². The van der Waals surface area contributed by atoms with Gasteiger partial charge in [-0.15, -0.1) is 0 Å². The molecule has 1 heterocycles. The highest BCUT2D eigenvalue weighted by molar-refractivity contribution is 6.12. The van der Waals surface area contributed by atoms with Gasteiger partial charge in [-0.1, -0.05) is 19.1 Å². The Balaban J connectivity index is 2.20. The van der Waals surface area contributed by atoms with Gasteiger partial charge in [0.25, 0.3) is 0 Å². The van der Waals surface area contributed by atoms with Crippen LogP contribution in [0.5, 0.6) is 5.75 Å². The standard InChI is InChI=1S/C24H29NO6/c1-12(2)31-24(28)19-14(4)25-17-10-13(3)18(23(27)30-6)22(26)21(17)20(19)15-8-7-9-16(11-15)29-5/h7-9,11-13,18,20,25H,10H2,1-6H3/t13-,18+,20-/m0/s1. The van der Waals surface area contributed by atoms with E-state index in [2.05, 4.69) is 5.32 Å². The normalized spacial score (nSPS) is 23.3. The molecule has 0 saturated heterocycles. The molecule has 1 aliphatic carbocycles. The van der Waals surface area contributed by atoms with Crippen molar-refractivity contribution in [3.63, 3.8) is 0 Å². The van der Waals surface area contributed by atoms with Gasteiger partial charge >= 0.3 is 11.9 Å². The van der Waals surface area contributed by atoms with Crippen LogP contribution in [0.25, 0.3) is 0 Å². The molecule has 7 heteroatoms. The van der Waals surface area contributed by atoms with Gasteiger partial charge in [0.15, 0.2) is 5.78 Å². The molecule has 0 bridgehead atoms. The van der Waals surface area contributed by atoms with Crippen LogP contribution in [0.3, 0.4) is 0 Å². The molecule has 1 aromatic rings. The highest BCUT2D eigenvalue weighted by atomic mass is 16.5. The topological polar surface area (TPSA) is 90.9 Å². The van der Waals surface area contributed by atoms with Gasteiger partial charge in [0, 0.05) is 22.9 Å². The van der Waals surface area contributed by atoms with Gasteiger partial charge in [-0.05, 0) is 50.8 Å². The Hall–Kier alpha value is -3.09. The molecule has 3 rings (SSSR count). The number of allylic oxidation sites excluding steroid dienone is 3. The van der Waals surface area contributed by atoms with E-state index in [9.17, 15) is 14.4 Å². The number of nitrogens with one attached hydrogen (secondary N) is 1. The van der Waals surface area contributed by atoms with Crippen LogP contribution in [0.15, 0.2) is 46.8 Å². The maximum Gasteiger partial charge on any atom is 0.337 e. The Labute approximate surface area is 182 Å². The number of carbonyl (C=O) groups is 3. The van der Waals surface area contributed by atoms with Crippen molar-refractivity contribution in [1.29, 1.82) is 0 Å². The van der Waals surface area contributed by atoms with E-state index >= 15 is 0 Å². The molecule has 0 aromatic heterocycles. The average Bonchev–Trinajstić information content (AvgIpc) is 2.71. The second-order valence-corrected chi connectivity index (χ2v) is 8.27. The molecule has 0 unspecified atom stereocenters. The van der Waals surface area contributed by atoms with Crippen molar-refractivity contribution >= 4 is 17.7 Å². The Morgan fingerprint density at radius 2 is 1.90 bits per heavy atom. The summed E-state index contributed by atoms with van der Waals surface area (Å²) in [4.78, 5) is 39.1. The number of hydrogen-bond donors (Lipinski definition) is 1. The first kappa shape index (κ1) is 22.6. The zero-order valence-corrected chi connectivity index (χ0v) is 18.8. The third kappa shape index (κ3) is 4.22. The van der Waals surface area contributed by atoms with Gasteiger partial charge < -0.3 is 19.5 Å². The van der Waals surface area contributed by atoms with Gasteiger partial charge in [0.05, 0.1) is 25.9 Å². The van der Waals surface area contributed by atoms with Crippen LogP contribution >= 0.6 is 0 Å². The van der Waals surface area contributed by atoms with Gasteiger partial charge in [0.2, 0.25) is 0 Å². The molecule has 1 aliphatic heterocycles. The zero-order valence-electron chi connectivity index (χ0n) is 18.8. The van der Waals surface area contributed by atoms with Crippen molar-refractivity contribution < 1.29 is 28.6 Å². The van der Waals surface area contributed by atoms with E-state index in [-0.39, 0.29) is 17.8 Å². The number of methoxy groups -OCH3 is 2. The second kappa shape index (κ2) is 8.96. The van der Waals surface area contributed by atoms with Crippen LogP contribution in [0.4, 0.5) is 0 Å². The van der Waals surface area contributed by atoms with Crippen LogP contribution in [-0.2, 0) is 23.9 Å². The Morgan fingerprint density at radius 1 is 1.19 bits per heavy atom. The summed E-state index contributed by atoms with van der Waals surface area (Å²) < 4.78 is 15.8. The van der Waals surface area contributed by atoms with Gasteiger partial charge in [0.1, 0.15) is 11.7 Å². The number of carbonyl (C=O) groups excluding carboxylic acids is 3. The molecule has 0 saturated carbocycles. The molecule has 7 nitrogen and oxygen atoms in total. The molecule has 166 valence electrons. The van der Waals surface area contributed by atoms with Gasteiger partial charge in [-0.25, -0.2) is 4.79 Å². The summed E-state index contributed by atoms with van der Waals surface area (Å²) in [5.41, 5.74) is 2.84. The fraction of sp³-hybridized carbons (Fsp3) is 0.458. The number of esters is 2. The largest absolute Gasteiger partial charge is 0.497 e. The molecule has 3 atom stereocenters. The summed E-state index contributed by atoms with van der Waals surface area (Å²) in [5, 5.41) is 3.24. The third-order valence-electron chi connectivity index (χ3n) is 5.73. The third-order valence-corrected chi connectivity index (χ3v) is 5.73. The summed E-state index contributed by atoms with van der Waals surface area (Å²) in [6.07, 6.45) is 0.171. The van der Waals surface area contributed by atoms with Crippen LogP contribution in [0.2, 0.25) is 0 Å². The van der Waals surface area contributed by atoms with E-state index in [1.165, 1.54) is 7.11 Å². The molecule has 1 N–H and O–H groups in total. The van der Waals surface area contributed by atoms with Crippen molar-refractivity contribution in [1.82, 2.24) is 5.32 Å². The maximum absolute atomic E-state index is 13.6. The quantitative estimate of drug-likeness (QED) is 0.570. The lowest BCUT2D eigenvalue weighted by molar-refractivity contribution is -0.151. The van der Waals surface area contributed by atoms with E-state index in [0.717, 1.165) is 11.3 Å². The fourth-order valence-corrected chi connectivity index (χ4v) is 4.38. The first-order valence-electron chi connectivity index (χ1n) is 10.4. The molecular weight excluding hydrogens is 398 g/mol. The van der Waals surface area contributed by atoms with Gasteiger partial charge in [-0.2, -0.15) is 0 Å². The minimum Gasteiger partial charge on any atom is -0.497 e. The van der Waals surface area contributed by atoms with Crippen LogP contribution < -0.4 is 10.1 Å². The summed E-state index contributed by atoms with van der Waals surface area (Å²) in [6, 6.07) is 7.25. The van der Waals surface area contributed by atoms with E-state index in [1.807, 2.05) is 19.1 Å². The molecule has 31 heavy (non-hydrogen) atoms. The number of hydrogen-bond acceptors (Lipinski definition) is 7. The Morgan fingerprint density at radius 3 is 2.52 bits per heavy atom. The summed E-state index contributed by atoms with van der Waals surface area (Å²) in [7, 11) is 2.84. The maximum atomic E-state index is 13.6. The lowest BCUT2D eigenvalue weighted by atomic mass is 9.69. The first-order chi connectivity index (χ1) is 14.7. The number of benzene rings is 1.